The third kappa shape index (κ3) is 13.8. The summed E-state index contributed by atoms with van der Waals surface area (Å²) in [4.78, 5) is 11.1. The highest BCUT2D eigenvalue weighted by atomic mass is 32.2. The maximum atomic E-state index is 11.1. The van der Waals surface area contributed by atoms with E-state index in [2.05, 4.69) is 24.5 Å². The Kier molecular flexibility index (Phi) is 12.9. The van der Waals surface area contributed by atoms with Gasteiger partial charge in [-0.2, -0.15) is 11.8 Å². The minimum Gasteiger partial charge on any atom is -0.378 e. The van der Waals surface area contributed by atoms with Gasteiger partial charge in [-0.1, -0.05) is 13.8 Å². The van der Waals surface area contributed by atoms with Gasteiger partial charge < -0.3 is 20.1 Å². The number of hydrogen-bond acceptors (Lipinski definition) is 5. The van der Waals surface area contributed by atoms with E-state index < -0.39 is 0 Å². The number of nitrogens with one attached hydrogen (secondary N) is 2. The smallest absolute Gasteiger partial charge is 0.230 e. The molecule has 0 unspecified atom stereocenters. The molecule has 0 aliphatic rings. The van der Waals surface area contributed by atoms with E-state index in [0.29, 0.717) is 44.8 Å². The standard InChI is InChI=1S/C12H26N2O3S/c1-11(2)13-4-6-16-8-9-17-7-5-14-12(15)10-18-3/h11,13H,4-10H2,1-3H3,(H,14,15). The Morgan fingerprint density at radius 1 is 1.11 bits per heavy atom. The number of rotatable bonds is 12. The topological polar surface area (TPSA) is 59.6 Å². The first-order valence-corrected chi connectivity index (χ1v) is 7.70. The molecule has 0 saturated carbocycles. The number of carbonyl (C=O) groups is 1. The van der Waals surface area contributed by atoms with E-state index in [4.69, 9.17) is 9.47 Å². The van der Waals surface area contributed by atoms with Gasteiger partial charge in [-0.15, -0.1) is 0 Å². The number of thioether (sulfide) groups is 1. The predicted molar refractivity (Wildman–Crippen MR) is 76.2 cm³/mol. The zero-order valence-corrected chi connectivity index (χ0v) is 12.5. The van der Waals surface area contributed by atoms with Crippen LogP contribution in [0.5, 0.6) is 0 Å². The monoisotopic (exact) mass is 278 g/mol. The Balaban J connectivity index is 3.05. The van der Waals surface area contributed by atoms with E-state index in [1.54, 1.807) is 0 Å². The molecule has 0 aromatic rings. The van der Waals surface area contributed by atoms with Crippen molar-refractivity contribution in [2.45, 2.75) is 19.9 Å². The van der Waals surface area contributed by atoms with E-state index in [0.717, 1.165) is 6.54 Å². The first-order chi connectivity index (χ1) is 8.66. The average molecular weight is 278 g/mol. The molecule has 0 rings (SSSR count). The van der Waals surface area contributed by atoms with Crippen molar-refractivity contribution in [2.75, 3.05) is 51.5 Å². The first kappa shape index (κ1) is 17.7. The van der Waals surface area contributed by atoms with Crippen molar-refractivity contribution >= 4 is 17.7 Å². The molecule has 1 amide bonds. The second-order valence-electron chi connectivity index (χ2n) is 4.12. The molecule has 0 fully saturated rings. The molecule has 0 aromatic carbocycles. The molecule has 0 radical (unpaired) electrons. The van der Waals surface area contributed by atoms with Crippen LogP contribution in [0.25, 0.3) is 0 Å². The summed E-state index contributed by atoms with van der Waals surface area (Å²) in [6.07, 6.45) is 1.90. The second kappa shape index (κ2) is 13.1. The van der Waals surface area contributed by atoms with Crippen molar-refractivity contribution in [3.63, 3.8) is 0 Å². The summed E-state index contributed by atoms with van der Waals surface area (Å²) in [7, 11) is 0. The average Bonchev–Trinajstić information content (AvgIpc) is 2.31. The highest BCUT2D eigenvalue weighted by molar-refractivity contribution is 7.99. The van der Waals surface area contributed by atoms with Crippen LogP contribution in [-0.2, 0) is 14.3 Å². The molecule has 0 bridgehead atoms. The van der Waals surface area contributed by atoms with E-state index in [9.17, 15) is 4.79 Å². The predicted octanol–water partition coefficient (Wildman–Crippen LogP) is 0.497. The van der Waals surface area contributed by atoms with Crippen LogP contribution >= 0.6 is 11.8 Å². The molecule has 0 aliphatic carbocycles. The molecule has 108 valence electrons. The molecular formula is C12H26N2O3S. The largest absolute Gasteiger partial charge is 0.378 e. The highest BCUT2D eigenvalue weighted by Crippen LogP contribution is 1.88. The van der Waals surface area contributed by atoms with Crippen molar-refractivity contribution in [1.82, 2.24) is 10.6 Å². The molecule has 5 nitrogen and oxygen atoms in total. The lowest BCUT2D eigenvalue weighted by Gasteiger charge is -2.09. The van der Waals surface area contributed by atoms with Crippen LogP contribution in [0.2, 0.25) is 0 Å². The summed E-state index contributed by atoms with van der Waals surface area (Å²) in [6.45, 7) is 8.04. The van der Waals surface area contributed by atoms with Gasteiger partial charge in [-0.3, -0.25) is 4.79 Å². The molecule has 0 aromatic heterocycles. The number of amides is 1. The molecule has 0 heterocycles. The number of ether oxygens (including phenoxy) is 2. The van der Waals surface area contributed by atoms with E-state index in [-0.39, 0.29) is 5.91 Å². The van der Waals surface area contributed by atoms with E-state index in [1.165, 1.54) is 11.8 Å². The molecule has 0 atom stereocenters. The minimum absolute atomic E-state index is 0.0575. The van der Waals surface area contributed by atoms with Crippen molar-refractivity contribution in [2.24, 2.45) is 0 Å². The van der Waals surface area contributed by atoms with Crippen LogP contribution < -0.4 is 10.6 Å². The Hall–Kier alpha value is -0.300. The summed E-state index contributed by atoms with van der Waals surface area (Å²) in [5.41, 5.74) is 0. The van der Waals surface area contributed by atoms with Gasteiger partial charge in [0.1, 0.15) is 0 Å². The Morgan fingerprint density at radius 2 is 1.72 bits per heavy atom. The van der Waals surface area contributed by atoms with Crippen LogP contribution in [-0.4, -0.2) is 63.5 Å². The van der Waals surface area contributed by atoms with Gasteiger partial charge in [0.2, 0.25) is 5.91 Å². The maximum absolute atomic E-state index is 11.1. The van der Waals surface area contributed by atoms with Gasteiger partial charge >= 0.3 is 0 Å². The molecule has 2 N–H and O–H groups in total. The normalized spacial score (nSPS) is 10.9. The molecular weight excluding hydrogens is 252 g/mol. The van der Waals surface area contributed by atoms with Gasteiger partial charge in [0.15, 0.2) is 0 Å². The van der Waals surface area contributed by atoms with Crippen molar-refractivity contribution in [3.05, 3.63) is 0 Å². The fourth-order valence-corrected chi connectivity index (χ4v) is 1.55. The van der Waals surface area contributed by atoms with Gasteiger partial charge in [-0.05, 0) is 6.26 Å². The van der Waals surface area contributed by atoms with E-state index in [1.807, 2.05) is 6.26 Å². The lowest BCUT2D eigenvalue weighted by atomic mass is 10.4. The Labute approximate surface area is 114 Å². The molecule has 0 saturated heterocycles. The zero-order valence-electron chi connectivity index (χ0n) is 11.7. The van der Waals surface area contributed by atoms with Crippen molar-refractivity contribution in [3.8, 4) is 0 Å². The van der Waals surface area contributed by atoms with Gasteiger partial charge in [0, 0.05) is 19.1 Å². The van der Waals surface area contributed by atoms with Gasteiger partial charge in [0.05, 0.1) is 32.2 Å². The van der Waals surface area contributed by atoms with Gasteiger partial charge in [-0.25, -0.2) is 0 Å². The lowest BCUT2D eigenvalue weighted by molar-refractivity contribution is -0.118. The van der Waals surface area contributed by atoms with Gasteiger partial charge in [0.25, 0.3) is 0 Å². The summed E-state index contributed by atoms with van der Waals surface area (Å²) in [5, 5.41) is 6.04. The highest BCUT2D eigenvalue weighted by Gasteiger charge is 1.97. The van der Waals surface area contributed by atoms with Crippen LogP contribution in [0.4, 0.5) is 0 Å². The summed E-state index contributed by atoms with van der Waals surface area (Å²) < 4.78 is 10.7. The third-order valence-electron chi connectivity index (χ3n) is 2.01. The fourth-order valence-electron chi connectivity index (χ4n) is 1.19. The maximum Gasteiger partial charge on any atom is 0.230 e. The second-order valence-corrected chi connectivity index (χ2v) is 4.98. The minimum atomic E-state index is 0.0575. The summed E-state index contributed by atoms with van der Waals surface area (Å²) in [6, 6.07) is 0.495. The molecule has 0 aliphatic heterocycles. The molecule has 0 spiro atoms. The Morgan fingerprint density at radius 3 is 2.28 bits per heavy atom. The number of hydrogen-bond donors (Lipinski definition) is 2. The van der Waals surface area contributed by atoms with Crippen LogP contribution in [0.3, 0.4) is 0 Å². The quantitative estimate of drug-likeness (QED) is 0.509. The molecule has 18 heavy (non-hydrogen) atoms. The van der Waals surface area contributed by atoms with E-state index >= 15 is 0 Å². The SMILES string of the molecule is CSCC(=O)NCCOCCOCCNC(C)C. The third-order valence-corrected chi connectivity index (χ3v) is 2.57. The zero-order chi connectivity index (χ0) is 13.6. The number of carbonyl (C=O) groups excluding carboxylic acids is 1. The Bertz CT molecular complexity index is 204. The van der Waals surface area contributed by atoms with Crippen molar-refractivity contribution in [1.29, 1.82) is 0 Å². The summed E-state index contributed by atoms with van der Waals surface area (Å²) >= 11 is 1.51. The summed E-state index contributed by atoms with van der Waals surface area (Å²) in [5.74, 6) is 0.563. The fraction of sp³-hybridized carbons (Fsp3) is 0.917. The van der Waals surface area contributed by atoms with Crippen LogP contribution in [0.15, 0.2) is 0 Å². The lowest BCUT2D eigenvalue weighted by Crippen LogP contribution is -2.29. The van der Waals surface area contributed by atoms with Crippen LogP contribution in [0, 0.1) is 0 Å². The first-order valence-electron chi connectivity index (χ1n) is 6.31. The van der Waals surface area contributed by atoms with Crippen molar-refractivity contribution < 1.29 is 14.3 Å². The van der Waals surface area contributed by atoms with Crippen LogP contribution in [0.1, 0.15) is 13.8 Å². The molecule has 6 heteroatoms.